The van der Waals surface area contributed by atoms with E-state index in [1.165, 1.54) is 0 Å². The molecule has 0 radical (unpaired) electrons. The van der Waals surface area contributed by atoms with Crippen molar-refractivity contribution in [2.45, 2.75) is 32.2 Å². The molecule has 6 nitrogen and oxygen atoms in total. The maximum absolute atomic E-state index is 12.5. The Hall–Kier alpha value is -2.60. The van der Waals surface area contributed by atoms with Crippen LogP contribution in [0.5, 0.6) is 0 Å². The van der Waals surface area contributed by atoms with Crippen molar-refractivity contribution in [1.29, 1.82) is 0 Å². The lowest BCUT2D eigenvalue weighted by Gasteiger charge is -2.25. The van der Waals surface area contributed by atoms with Gasteiger partial charge >= 0.3 is 0 Å². The second-order valence-electron chi connectivity index (χ2n) is 6.57. The van der Waals surface area contributed by atoms with Gasteiger partial charge in [-0.15, -0.1) is 0 Å². The molecule has 0 saturated carbocycles. The molecular weight excluding hydrogens is 328 g/mol. The van der Waals surface area contributed by atoms with E-state index < -0.39 is 0 Å². The molecule has 0 spiro atoms. The Balaban J connectivity index is 1.55. The molecule has 0 unspecified atom stereocenters. The number of rotatable bonds is 6. The van der Waals surface area contributed by atoms with E-state index in [0.717, 1.165) is 43.6 Å². The highest BCUT2D eigenvalue weighted by Crippen LogP contribution is 2.21. The molecule has 0 bridgehead atoms. The zero-order valence-corrected chi connectivity index (χ0v) is 15.1. The van der Waals surface area contributed by atoms with Gasteiger partial charge in [-0.05, 0) is 62.2 Å². The van der Waals surface area contributed by atoms with E-state index in [9.17, 15) is 9.59 Å². The Morgan fingerprint density at radius 1 is 1.19 bits per heavy atom. The number of nitrogens with zero attached hydrogens (tertiary/aromatic N) is 1. The van der Waals surface area contributed by atoms with Crippen molar-refractivity contribution < 1.29 is 9.59 Å². The Morgan fingerprint density at radius 2 is 2.00 bits per heavy atom. The lowest BCUT2D eigenvalue weighted by Crippen LogP contribution is -2.35. The quantitative estimate of drug-likeness (QED) is 0.745. The summed E-state index contributed by atoms with van der Waals surface area (Å²) in [5, 5.41) is 8.88. The molecule has 1 aromatic heterocycles. The fourth-order valence-electron chi connectivity index (χ4n) is 3.31. The number of hydrogen-bond acceptors (Lipinski definition) is 3. The molecule has 26 heavy (non-hydrogen) atoms. The Morgan fingerprint density at radius 3 is 2.77 bits per heavy atom. The van der Waals surface area contributed by atoms with Gasteiger partial charge in [-0.1, -0.05) is 19.1 Å². The van der Waals surface area contributed by atoms with Crippen molar-refractivity contribution >= 4 is 17.5 Å². The molecule has 1 aromatic carbocycles. The van der Waals surface area contributed by atoms with Crippen LogP contribution in [0.25, 0.3) is 0 Å². The normalized spacial score (nSPS) is 14.8. The number of aryl methyl sites for hydroxylation is 1. The average Bonchev–Trinajstić information content (AvgIpc) is 3.17. The highest BCUT2D eigenvalue weighted by Gasteiger charge is 2.20. The number of anilines is 1. The van der Waals surface area contributed by atoms with E-state index in [-0.39, 0.29) is 18.4 Å². The van der Waals surface area contributed by atoms with E-state index >= 15 is 0 Å². The third kappa shape index (κ3) is 4.52. The summed E-state index contributed by atoms with van der Waals surface area (Å²) in [7, 11) is 0. The van der Waals surface area contributed by atoms with Gasteiger partial charge in [0, 0.05) is 17.9 Å². The van der Waals surface area contributed by atoms with Crippen LogP contribution in [-0.4, -0.2) is 36.0 Å². The van der Waals surface area contributed by atoms with Crippen LogP contribution < -0.4 is 16.0 Å². The molecule has 1 aliphatic heterocycles. The first-order valence-electron chi connectivity index (χ1n) is 9.22. The molecule has 1 aliphatic rings. The van der Waals surface area contributed by atoms with E-state index in [0.29, 0.717) is 11.7 Å². The predicted molar refractivity (Wildman–Crippen MR) is 102 cm³/mol. The lowest BCUT2D eigenvalue weighted by atomic mass is 10.1. The fraction of sp³-hybridized carbons (Fsp3) is 0.400. The van der Waals surface area contributed by atoms with Crippen molar-refractivity contribution in [3.05, 3.63) is 53.9 Å². The van der Waals surface area contributed by atoms with Crippen LogP contribution in [0.1, 0.15) is 41.9 Å². The minimum atomic E-state index is -0.230. The highest BCUT2D eigenvalue weighted by molar-refractivity contribution is 5.98. The molecule has 2 aromatic rings. The summed E-state index contributed by atoms with van der Waals surface area (Å²) in [6.45, 7) is 3.94. The van der Waals surface area contributed by atoms with Crippen LogP contribution in [0, 0.1) is 0 Å². The minimum Gasteiger partial charge on any atom is -0.342 e. The summed E-state index contributed by atoms with van der Waals surface area (Å²) in [6.07, 6.45) is 4.86. The van der Waals surface area contributed by atoms with E-state index in [1.807, 2.05) is 41.1 Å². The Bertz CT molecular complexity index is 763. The number of aromatic nitrogens is 1. The molecule has 2 amide bonds. The zero-order chi connectivity index (χ0) is 18.4. The third-order valence-electron chi connectivity index (χ3n) is 4.74. The Labute approximate surface area is 154 Å². The van der Waals surface area contributed by atoms with Crippen LogP contribution in [0.4, 0.5) is 5.69 Å². The van der Waals surface area contributed by atoms with Crippen LogP contribution in [0.15, 0.2) is 42.6 Å². The van der Waals surface area contributed by atoms with Crippen molar-refractivity contribution in [1.82, 2.24) is 15.2 Å². The zero-order valence-electron chi connectivity index (χ0n) is 15.1. The summed E-state index contributed by atoms with van der Waals surface area (Å²) in [5.74, 6) is -0.447. The Kier molecular flexibility index (Phi) is 6.07. The fourth-order valence-corrected chi connectivity index (χ4v) is 3.31. The minimum absolute atomic E-state index is 0.0490. The van der Waals surface area contributed by atoms with Crippen molar-refractivity contribution in [3.8, 4) is 0 Å². The molecule has 138 valence electrons. The van der Waals surface area contributed by atoms with Crippen LogP contribution in [-0.2, 0) is 11.2 Å². The molecule has 3 N–H and O–H groups in total. The van der Waals surface area contributed by atoms with Crippen LogP contribution in [0.3, 0.4) is 0 Å². The maximum atomic E-state index is 12.5. The van der Waals surface area contributed by atoms with Gasteiger partial charge in [0.25, 0.3) is 5.91 Å². The maximum Gasteiger partial charge on any atom is 0.268 e. The summed E-state index contributed by atoms with van der Waals surface area (Å²) in [4.78, 5) is 24.6. The topological polar surface area (TPSA) is 75.2 Å². The van der Waals surface area contributed by atoms with Crippen LogP contribution >= 0.6 is 0 Å². The first-order valence-corrected chi connectivity index (χ1v) is 9.22. The van der Waals surface area contributed by atoms with Gasteiger partial charge in [-0.2, -0.15) is 0 Å². The molecule has 0 aliphatic carbocycles. The SMILES string of the molecule is CCc1cccc(NC(=O)CNC(=O)c2cccn2C2CCNCC2)c1. The predicted octanol–water partition coefficient (Wildman–Crippen LogP) is 2.34. The summed E-state index contributed by atoms with van der Waals surface area (Å²) < 4.78 is 2.03. The molecule has 0 atom stereocenters. The second kappa shape index (κ2) is 8.67. The van der Waals surface area contributed by atoms with Crippen molar-refractivity contribution in [2.24, 2.45) is 0 Å². The standard InChI is InChI=1S/C20H26N4O2/c1-2-15-5-3-6-16(13-15)23-19(25)14-22-20(26)18-7-4-12-24(18)17-8-10-21-11-9-17/h3-7,12-13,17,21H,2,8-11,14H2,1H3,(H,22,26)(H,23,25). The van der Waals surface area contributed by atoms with E-state index in [2.05, 4.69) is 22.9 Å². The molecule has 1 fully saturated rings. The van der Waals surface area contributed by atoms with E-state index in [4.69, 9.17) is 0 Å². The van der Waals surface area contributed by atoms with Crippen molar-refractivity contribution in [3.63, 3.8) is 0 Å². The smallest absolute Gasteiger partial charge is 0.268 e. The molecular formula is C20H26N4O2. The van der Waals surface area contributed by atoms with Gasteiger partial charge < -0.3 is 20.5 Å². The monoisotopic (exact) mass is 354 g/mol. The molecule has 3 rings (SSSR count). The summed E-state index contributed by atoms with van der Waals surface area (Å²) >= 11 is 0. The first-order chi connectivity index (χ1) is 12.7. The van der Waals surface area contributed by atoms with E-state index in [1.54, 1.807) is 6.07 Å². The van der Waals surface area contributed by atoms with Gasteiger partial charge in [-0.3, -0.25) is 9.59 Å². The lowest BCUT2D eigenvalue weighted by molar-refractivity contribution is -0.115. The van der Waals surface area contributed by atoms with Gasteiger partial charge in [0.15, 0.2) is 0 Å². The number of hydrogen-bond donors (Lipinski definition) is 3. The molecule has 2 heterocycles. The first kappa shape index (κ1) is 18.2. The van der Waals surface area contributed by atoms with Gasteiger partial charge in [-0.25, -0.2) is 0 Å². The molecule has 6 heteroatoms. The number of carbonyl (C=O) groups excluding carboxylic acids is 2. The average molecular weight is 354 g/mol. The number of nitrogens with one attached hydrogen (secondary N) is 3. The number of carbonyl (C=O) groups is 2. The number of benzene rings is 1. The molecule has 1 saturated heterocycles. The highest BCUT2D eigenvalue weighted by atomic mass is 16.2. The van der Waals surface area contributed by atoms with Gasteiger partial charge in [0.05, 0.1) is 6.54 Å². The summed E-state index contributed by atoms with van der Waals surface area (Å²) in [5.41, 5.74) is 2.52. The third-order valence-corrected chi connectivity index (χ3v) is 4.74. The number of piperidine rings is 1. The second-order valence-corrected chi connectivity index (χ2v) is 6.57. The summed E-state index contributed by atoms with van der Waals surface area (Å²) in [6, 6.07) is 11.7. The van der Waals surface area contributed by atoms with Crippen LogP contribution in [0.2, 0.25) is 0 Å². The van der Waals surface area contributed by atoms with Gasteiger partial charge in [0.2, 0.25) is 5.91 Å². The largest absolute Gasteiger partial charge is 0.342 e. The van der Waals surface area contributed by atoms with Crippen molar-refractivity contribution in [2.75, 3.05) is 25.0 Å². The van der Waals surface area contributed by atoms with Gasteiger partial charge in [0.1, 0.15) is 5.69 Å². The number of amides is 2.